The third kappa shape index (κ3) is 4.25. The molecule has 0 saturated heterocycles. The van der Waals surface area contributed by atoms with Crippen LogP contribution in [0.5, 0.6) is 0 Å². The first-order valence-corrected chi connectivity index (χ1v) is 5.39. The van der Waals surface area contributed by atoms with Crippen molar-refractivity contribution in [3.63, 3.8) is 0 Å². The molecule has 0 fully saturated rings. The molecule has 0 heterocycles. The summed E-state index contributed by atoms with van der Waals surface area (Å²) in [6, 6.07) is 9.98. The van der Waals surface area contributed by atoms with Gasteiger partial charge >= 0.3 is 0 Å². The fourth-order valence-electron chi connectivity index (χ4n) is 1.13. The molecule has 1 unspecified atom stereocenters. The van der Waals surface area contributed by atoms with Crippen LogP contribution in [0, 0.1) is 0 Å². The van der Waals surface area contributed by atoms with Gasteiger partial charge in [0.15, 0.2) is 0 Å². The third-order valence-corrected chi connectivity index (χ3v) is 2.11. The van der Waals surface area contributed by atoms with Gasteiger partial charge in [-0.15, -0.1) is 0 Å². The first kappa shape index (κ1) is 10.5. The average Bonchev–Trinajstić information content (AvgIpc) is 2.16. The normalized spacial score (nSPS) is 13.4. The van der Waals surface area contributed by atoms with Gasteiger partial charge < -0.3 is 5.11 Å². The Kier molecular flexibility index (Phi) is 4.79. The number of rotatable bonds is 4. The predicted octanol–water partition coefficient (Wildman–Crippen LogP) is 2.54. The van der Waals surface area contributed by atoms with Crippen molar-refractivity contribution in [1.29, 1.82) is 0 Å². The molecule has 0 amide bonds. The zero-order valence-electron chi connectivity index (χ0n) is 7.36. The van der Waals surface area contributed by atoms with Gasteiger partial charge in [0.05, 0.1) is 6.10 Å². The number of aliphatic hydroxyl groups excluding tert-OH is 1. The van der Waals surface area contributed by atoms with Crippen LogP contribution in [0.25, 0.3) is 0 Å². The molecule has 1 aromatic carbocycles. The van der Waals surface area contributed by atoms with E-state index in [2.05, 4.69) is 15.9 Å². The van der Waals surface area contributed by atoms with E-state index in [1.165, 1.54) is 0 Å². The standard InChI is InChI=1S/C11H13BrO/c12-8-4-7-11(13)9-10-5-2-1-3-6-10/h1-7,11,13H,8-9H2. The van der Waals surface area contributed by atoms with Gasteiger partial charge in [0.1, 0.15) is 0 Å². The van der Waals surface area contributed by atoms with Crippen molar-refractivity contribution in [3.8, 4) is 0 Å². The van der Waals surface area contributed by atoms with E-state index in [-0.39, 0.29) is 6.10 Å². The first-order valence-electron chi connectivity index (χ1n) is 4.27. The Morgan fingerprint density at radius 3 is 2.62 bits per heavy atom. The number of halogens is 1. The van der Waals surface area contributed by atoms with Crippen LogP contribution >= 0.6 is 15.9 Å². The van der Waals surface area contributed by atoms with Gasteiger partial charge in [-0.05, 0) is 5.56 Å². The van der Waals surface area contributed by atoms with Crippen LogP contribution < -0.4 is 0 Å². The van der Waals surface area contributed by atoms with Crippen molar-refractivity contribution in [2.45, 2.75) is 12.5 Å². The largest absolute Gasteiger partial charge is 0.389 e. The number of allylic oxidation sites excluding steroid dienone is 1. The van der Waals surface area contributed by atoms with Crippen LogP contribution in [-0.4, -0.2) is 16.5 Å². The Balaban J connectivity index is 2.45. The summed E-state index contributed by atoms with van der Waals surface area (Å²) in [5.74, 6) is 0. The molecule has 1 nitrogen and oxygen atoms in total. The van der Waals surface area contributed by atoms with E-state index in [9.17, 15) is 5.11 Å². The molecule has 0 aliphatic carbocycles. The summed E-state index contributed by atoms with van der Waals surface area (Å²) in [6.45, 7) is 0. The summed E-state index contributed by atoms with van der Waals surface area (Å²) in [5, 5.41) is 10.3. The minimum atomic E-state index is -0.375. The number of aliphatic hydroxyl groups is 1. The summed E-state index contributed by atoms with van der Waals surface area (Å²) < 4.78 is 0. The maximum absolute atomic E-state index is 9.53. The number of alkyl halides is 1. The van der Waals surface area contributed by atoms with E-state index in [1.54, 1.807) is 0 Å². The maximum Gasteiger partial charge on any atom is 0.0761 e. The molecule has 0 saturated carbocycles. The van der Waals surface area contributed by atoms with Crippen LogP contribution in [0.15, 0.2) is 42.5 Å². The van der Waals surface area contributed by atoms with Crippen molar-refractivity contribution in [3.05, 3.63) is 48.0 Å². The molecular weight excluding hydrogens is 228 g/mol. The zero-order chi connectivity index (χ0) is 9.52. The Morgan fingerprint density at radius 1 is 1.31 bits per heavy atom. The lowest BCUT2D eigenvalue weighted by atomic mass is 10.1. The molecule has 2 heteroatoms. The molecule has 0 bridgehead atoms. The third-order valence-electron chi connectivity index (χ3n) is 1.73. The van der Waals surface area contributed by atoms with Gasteiger partial charge in [0.25, 0.3) is 0 Å². The van der Waals surface area contributed by atoms with E-state index in [0.29, 0.717) is 6.42 Å². The molecule has 1 N–H and O–H groups in total. The first-order chi connectivity index (χ1) is 6.33. The lowest BCUT2D eigenvalue weighted by Gasteiger charge is -2.04. The highest BCUT2D eigenvalue weighted by molar-refractivity contribution is 9.09. The van der Waals surface area contributed by atoms with Crippen molar-refractivity contribution in [1.82, 2.24) is 0 Å². The SMILES string of the molecule is OC(C=CCBr)Cc1ccccc1. The molecule has 0 spiro atoms. The second-order valence-electron chi connectivity index (χ2n) is 2.84. The van der Waals surface area contributed by atoms with Crippen LogP contribution in [0.2, 0.25) is 0 Å². The van der Waals surface area contributed by atoms with E-state index in [4.69, 9.17) is 0 Å². The monoisotopic (exact) mass is 240 g/mol. The minimum absolute atomic E-state index is 0.375. The topological polar surface area (TPSA) is 20.2 Å². The number of benzene rings is 1. The summed E-state index contributed by atoms with van der Waals surface area (Å²) in [7, 11) is 0. The molecule has 0 aliphatic heterocycles. The van der Waals surface area contributed by atoms with Crippen molar-refractivity contribution >= 4 is 15.9 Å². The molecular formula is C11H13BrO. The summed E-state index contributed by atoms with van der Waals surface area (Å²) in [6.07, 6.45) is 4.03. The van der Waals surface area contributed by atoms with Crippen LogP contribution in [-0.2, 0) is 6.42 Å². The lowest BCUT2D eigenvalue weighted by molar-refractivity contribution is 0.224. The Labute approximate surface area is 87.2 Å². The van der Waals surface area contributed by atoms with Gasteiger partial charge in [-0.2, -0.15) is 0 Å². The maximum atomic E-state index is 9.53. The Morgan fingerprint density at radius 2 is 2.00 bits per heavy atom. The smallest absolute Gasteiger partial charge is 0.0761 e. The molecule has 0 radical (unpaired) electrons. The van der Waals surface area contributed by atoms with Crippen molar-refractivity contribution < 1.29 is 5.11 Å². The lowest BCUT2D eigenvalue weighted by Crippen LogP contribution is -2.06. The summed E-state index contributed by atoms with van der Waals surface area (Å²) in [5.41, 5.74) is 1.16. The van der Waals surface area contributed by atoms with Crippen molar-refractivity contribution in [2.24, 2.45) is 0 Å². The molecule has 70 valence electrons. The number of hydrogen-bond donors (Lipinski definition) is 1. The van der Waals surface area contributed by atoms with E-state index in [0.717, 1.165) is 10.9 Å². The van der Waals surface area contributed by atoms with Crippen LogP contribution in [0.1, 0.15) is 5.56 Å². The molecule has 1 rings (SSSR count). The van der Waals surface area contributed by atoms with Crippen LogP contribution in [0.3, 0.4) is 0 Å². The zero-order valence-corrected chi connectivity index (χ0v) is 8.94. The van der Waals surface area contributed by atoms with Crippen LogP contribution in [0.4, 0.5) is 0 Å². The predicted molar refractivity (Wildman–Crippen MR) is 59.1 cm³/mol. The molecule has 1 atom stereocenters. The summed E-state index contributed by atoms with van der Waals surface area (Å²) in [4.78, 5) is 0. The van der Waals surface area contributed by atoms with Gasteiger partial charge in [-0.3, -0.25) is 0 Å². The van der Waals surface area contributed by atoms with E-state index >= 15 is 0 Å². The highest BCUT2D eigenvalue weighted by Gasteiger charge is 1.99. The number of hydrogen-bond acceptors (Lipinski definition) is 1. The molecule has 0 aliphatic rings. The molecule has 0 aromatic heterocycles. The second kappa shape index (κ2) is 5.95. The van der Waals surface area contributed by atoms with Gasteiger partial charge in [-0.25, -0.2) is 0 Å². The van der Waals surface area contributed by atoms with Gasteiger partial charge in [-0.1, -0.05) is 58.4 Å². The summed E-state index contributed by atoms with van der Waals surface area (Å²) >= 11 is 3.27. The van der Waals surface area contributed by atoms with Gasteiger partial charge in [0, 0.05) is 11.8 Å². The van der Waals surface area contributed by atoms with E-state index in [1.807, 2.05) is 42.5 Å². The average molecular weight is 241 g/mol. The van der Waals surface area contributed by atoms with Crippen molar-refractivity contribution in [2.75, 3.05) is 5.33 Å². The molecule has 13 heavy (non-hydrogen) atoms. The highest BCUT2D eigenvalue weighted by atomic mass is 79.9. The quantitative estimate of drug-likeness (QED) is 0.634. The Hall–Kier alpha value is -0.600. The highest BCUT2D eigenvalue weighted by Crippen LogP contribution is 2.03. The Bertz CT molecular complexity index is 256. The van der Waals surface area contributed by atoms with E-state index < -0.39 is 0 Å². The second-order valence-corrected chi connectivity index (χ2v) is 3.49. The fourth-order valence-corrected chi connectivity index (χ4v) is 1.35. The molecule has 1 aromatic rings. The minimum Gasteiger partial charge on any atom is -0.389 e. The van der Waals surface area contributed by atoms with Gasteiger partial charge in [0.2, 0.25) is 0 Å². The fraction of sp³-hybridized carbons (Fsp3) is 0.273.